The number of rotatable bonds is 6. The van der Waals surface area contributed by atoms with Crippen LogP contribution in [0, 0.1) is 23.2 Å². The van der Waals surface area contributed by atoms with Crippen LogP contribution in [0.15, 0.2) is 47.4 Å². The van der Waals surface area contributed by atoms with Crippen molar-refractivity contribution in [1.82, 2.24) is 0 Å². The Kier molecular flexibility index (Phi) is 7.85. The summed E-state index contributed by atoms with van der Waals surface area (Å²) in [6.07, 6.45) is 0.525. The zero-order chi connectivity index (χ0) is 23.1. The van der Waals surface area contributed by atoms with E-state index in [0.29, 0.717) is 28.9 Å². The lowest BCUT2D eigenvalue weighted by Crippen LogP contribution is -2.27. The lowest BCUT2D eigenvalue weighted by molar-refractivity contribution is -0.157. The van der Waals surface area contributed by atoms with Crippen molar-refractivity contribution in [3.05, 3.63) is 59.2 Å². The van der Waals surface area contributed by atoms with Crippen LogP contribution in [-0.2, 0) is 19.4 Å². The number of benzene rings is 2. The van der Waals surface area contributed by atoms with Crippen molar-refractivity contribution in [3.63, 3.8) is 0 Å². The first kappa shape index (κ1) is 24.0. The normalized spacial score (nSPS) is 11.1. The monoisotopic (exact) mass is 439 g/mol. The average molecular weight is 440 g/mol. The van der Waals surface area contributed by atoms with Crippen LogP contribution in [0.25, 0.3) is 0 Å². The minimum atomic E-state index is -3.35. The Hall–Kier alpha value is -3.29. The second-order valence-corrected chi connectivity index (χ2v) is 9.90. The minimum Gasteiger partial charge on any atom is -0.481 e. The fourth-order valence-electron chi connectivity index (χ4n) is 2.62. The number of ether oxygens (including phenoxy) is 2. The Balaban J connectivity index is 2.31. The van der Waals surface area contributed by atoms with Gasteiger partial charge in [0.1, 0.15) is 11.4 Å². The van der Waals surface area contributed by atoms with Crippen molar-refractivity contribution < 1.29 is 22.7 Å². The molecular formula is C24H25NO5S. The van der Waals surface area contributed by atoms with Crippen LogP contribution < -0.4 is 4.74 Å². The molecule has 0 N–H and O–H groups in total. The largest absolute Gasteiger partial charge is 0.481 e. The number of nitrogens with zero attached hydrogens (tertiary/aromatic N) is 1. The van der Waals surface area contributed by atoms with Gasteiger partial charge in [-0.3, -0.25) is 0 Å². The van der Waals surface area contributed by atoms with E-state index < -0.39 is 21.4 Å². The molecule has 0 fully saturated rings. The first-order valence-corrected chi connectivity index (χ1v) is 11.4. The van der Waals surface area contributed by atoms with Crippen LogP contribution in [0.2, 0.25) is 0 Å². The summed E-state index contributed by atoms with van der Waals surface area (Å²) in [5.41, 5.74) is 0.673. The van der Waals surface area contributed by atoms with Crippen molar-refractivity contribution in [2.45, 2.75) is 44.6 Å². The average Bonchev–Trinajstić information content (AvgIpc) is 2.70. The maximum absolute atomic E-state index is 12.3. The summed E-state index contributed by atoms with van der Waals surface area (Å²) < 4.78 is 35.4. The molecule has 2 aromatic carbocycles. The summed E-state index contributed by atoms with van der Waals surface area (Å²) in [4.78, 5) is 12.2. The van der Waals surface area contributed by atoms with Crippen LogP contribution in [0.5, 0.6) is 5.75 Å². The second kappa shape index (κ2) is 10.1. The molecule has 0 atom stereocenters. The summed E-state index contributed by atoms with van der Waals surface area (Å²) >= 11 is 0. The summed E-state index contributed by atoms with van der Waals surface area (Å²) in [5.74, 6) is 5.70. The van der Waals surface area contributed by atoms with Crippen LogP contribution in [0.4, 0.5) is 0 Å². The number of nitriles is 1. The van der Waals surface area contributed by atoms with E-state index in [-0.39, 0.29) is 17.3 Å². The molecule has 0 aromatic heterocycles. The molecule has 2 aromatic rings. The molecule has 0 unspecified atom stereocenters. The summed E-state index contributed by atoms with van der Waals surface area (Å²) in [7, 11) is -3.35. The Labute approximate surface area is 183 Å². The van der Waals surface area contributed by atoms with Gasteiger partial charge >= 0.3 is 5.97 Å². The molecule has 0 aliphatic rings. The lowest BCUT2D eigenvalue weighted by atomic mass is 10.1. The van der Waals surface area contributed by atoms with Crippen LogP contribution in [0.3, 0.4) is 0 Å². The molecule has 0 amide bonds. The summed E-state index contributed by atoms with van der Waals surface area (Å²) in [5, 5.41) is 9.18. The van der Waals surface area contributed by atoms with Crippen molar-refractivity contribution in [3.8, 4) is 23.7 Å². The molecule has 0 bridgehead atoms. The number of esters is 1. The number of hydrogen-bond donors (Lipinski definition) is 0. The van der Waals surface area contributed by atoms with Crippen molar-refractivity contribution in [2.24, 2.45) is 0 Å². The van der Waals surface area contributed by atoms with E-state index in [1.165, 1.54) is 6.07 Å². The van der Waals surface area contributed by atoms with E-state index in [1.807, 2.05) is 13.0 Å². The predicted octanol–water partition coefficient (Wildman–Crippen LogP) is 3.86. The molecule has 31 heavy (non-hydrogen) atoms. The van der Waals surface area contributed by atoms with Crippen molar-refractivity contribution in [2.75, 3.05) is 12.4 Å². The summed E-state index contributed by atoms with van der Waals surface area (Å²) in [6, 6.07) is 13.1. The maximum Gasteiger partial charge on any atom is 0.344 e. The number of carbonyl (C=O) groups excluding carboxylic acids is 1. The maximum atomic E-state index is 12.3. The van der Waals surface area contributed by atoms with E-state index in [0.717, 1.165) is 0 Å². The zero-order valence-electron chi connectivity index (χ0n) is 18.1. The van der Waals surface area contributed by atoms with E-state index >= 15 is 0 Å². The predicted molar refractivity (Wildman–Crippen MR) is 117 cm³/mol. The van der Waals surface area contributed by atoms with Crippen molar-refractivity contribution >= 4 is 15.8 Å². The smallest absolute Gasteiger partial charge is 0.344 e. The minimum absolute atomic E-state index is 0.0662. The second-order valence-electron chi connectivity index (χ2n) is 7.79. The Morgan fingerprint density at radius 1 is 1.06 bits per heavy atom. The van der Waals surface area contributed by atoms with Gasteiger partial charge in [-0.2, -0.15) is 5.26 Å². The Bertz CT molecular complexity index is 1160. The third-order valence-electron chi connectivity index (χ3n) is 3.88. The molecule has 7 heteroatoms. The van der Waals surface area contributed by atoms with Gasteiger partial charge in [-0.1, -0.05) is 24.8 Å². The van der Waals surface area contributed by atoms with Gasteiger partial charge in [0.05, 0.1) is 27.8 Å². The van der Waals surface area contributed by atoms with E-state index in [4.69, 9.17) is 9.47 Å². The molecule has 162 valence electrons. The molecule has 0 saturated carbocycles. The highest BCUT2D eigenvalue weighted by molar-refractivity contribution is 7.91. The quantitative estimate of drug-likeness (QED) is 0.501. The molecule has 6 nitrogen and oxygen atoms in total. The standard InChI is InChI=1S/C24H25NO5S/c1-5-13-31(27,28)21-8-6-7-18(15-21)9-11-20-14-19(16-25)10-12-22(20)29-17-23(26)30-24(2,3)4/h6-8,10,12,14-15H,5,13,17H2,1-4H3. The van der Waals surface area contributed by atoms with Gasteiger partial charge in [0.15, 0.2) is 16.4 Å². The molecule has 0 radical (unpaired) electrons. The van der Waals surface area contributed by atoms with Crippen LogP contribution >= 0.6 is 0 Å². The first-order chi connectivity index (χ1) is 14.5. The molecule has 0 aliphatic carbocycles. The summed E-state index contributed by atoms with van der Waals surface area (Å²) in [6.45, 7) is 6.79. The SMILES string of the molecule is CCCS(=O)(=O)c1cccc(C#Cc2cc(C#N)ccc2OCC(=O)OC(C)(C)C)c1. The molecule has 0 saturated heterocycles. The highest BCUT2D eigenvalue weighted by atomic mass is 32.2. The van der Waals surface area contributed by atoms with E-state index in [2.05, 4.69) is 11.8 Å². The van der Waals surface area contributed by atoms with Gasteiger partial charge in [0.2, 0.25) is 0 Å². The molecular weight excluding hydrogens is 414 g/mol. The Morgan fingerprint density at radius 2 is 1.81 bits per heavy atom. The number of sulfone groups is 1. The third-order valence-corrected chi connectivity index (χ3v) is 5.80. The van der Waals surface area contributed by atoms with Gasteiger partial charge in [0, 0.05) is 5.56 Å². The van der Waals surface area contributed by atoms with Crippen LogP contribution in [-0.4, -0.2) is 32.3 Å². The highest BCUT2D eigenvalue weighted by Gasteiger charge is 2.17. The molecule has 0 spiro atoms. The van der Waals surface area contributed by atoms with Gasteiger partial charge in [-0.05, 0) is 63.6 Å². The molecule has 0 heterocycles. The topological polar surface area (TPSA) is 93.5 Å². The highest BCUT2D eigenvalue weighted by Crippen LogP contribution is 2.20. The van der Waals surface area contributed by atoms with Crippen LogP contribution in [0.1, 0.15) is 50.8 Å². The number of carbonyl (C=O) groups is 1. The Morgan fingerprint density at radius 3 is 2.45 bits per heavy atom. The van der Waals surface area contributed by atoms with E-state index in [9.17, 15) is 18.5 Å². The molecule has 0 aliphatic heterocycles. The number of hydrogen-bond acceptors (Lipinski definition) is 6. The lowest BCUT2D eigenvalue weighted by Gasteiger charge is -2.19. The van der Waals surface area contributed by atoms with E-state index in [1.54, 1.807) is 57.2 Å². The van der Waals surface area contributed by atoms with Gasteiger partial charge in [-0.15, -0.1) is 0 Å². The fraction of sp³-hybridized carbons (Fsp3) is 0.333. The third kappa shape index (κ3) is 7.47. The van der Waals surface area contributed by atoms with Crippen molar-refractivity contribution in [1.29, 1.82) is 5.26 Å². The first-order valence-electron chi connectivity index (χ1n) is 9.77. The fourth-order valence-corrected chi connectivity index (χ4v) is 3.99. The van der Waals surface area contributed by atoms with Gasteiger partial charge in [-0.25, -0.2) is 13.2 Å². The zero-order valence-corrected chi connectivity index (χ0v) is 18.9. The van der Waals surface area contributed by atoms with Gasteiger partial charge in [0.25, 0.3) is 0 Å². The van der Waals surface area contributed by atoms with Gasteiger partial charge < -0.3 is 9.47 Å². The molecule has 2 rings (SSSR count).